The van der Waals surface area contributed by atoms with E-state index in [2.05, 4.69) is 31.2 Å². The third-order valence-electron chi connectivity index (χ3n) is 4.95. The highest BCUT2D eigenvalue weighted by atomic mass is 16.7. The molecule has 3 rings (SSSR count). The first-order chi connectivity index (χ1) is 11.7. The second-order valence-corrected chi connectivity index (χ2v) is 6.51. The molecule has 24 heavy (non-hydrogen) atoms. The zero-order chi connectivity index (χ0) is 16.9. The zero-order valence-corrected chi connectivity index (χ0v) is 14.1. The summed E-state index contributed by atoms with van der Waals surface area (Å²) in [5, 5.41) is 8.96. The molecule has 0 amide bonds. The van der Waals surface area contributed by atoms with Crippen LogP contribution in [0.5, 0.6) is 5.75 Å². The van der Waals surface area contributed by atoms with Crippen LogP contribution in [0, 0.1) is 0 Å². The van der Waals surface area contributed by atoms with Crippen LogP contribution in [0.1, 0.15) is 56.1 Å². The maximum absolute atomic E-state index is 10.9. The van der Waals surface area contributed by atoms with E-state index < -0.39 is 6.16 Å². The van der Waals surface area contributed by atoms with Crippen molar-refractivity contribution in [1.82, 2.24) is 0 Å². The Morgan fingerprint density at radius 2 is 1.79 bits per heavy atom. The Morgan fingerprint density at radius 3 is 2.42 bits per heavy atom. The minimum Gasteiger partial charge on any atom is -0.449 e. The number of hydrogen-bond acceptors (Lipinski definition) is 2. The molecular weight excluding hydrogens is 300 g/mol. The van der Waals surface area contributed by atoms with E-state index in [1.54, 1.807) is 6.07 Å². The number of rotatable bonds is 4. The first-order valence-electron chi connectivity index (χ1n) is 8.81. The summed E-state index contributed by atoms with van der Waals surface area (Å²) in [5.74, 6) is 1.06. The van der Waals surface area contributed by atoms with E-state index >= 15 is 0 Å². The lowest BCUT2D eigenvalue weighted by Gasteiger charge is -2.22. The molecule has 1 N–H and O–H groups in total. The van der Waals surface area contributed by atoms with Gasteiger partial charge in [-0.2, -0.15) is 0 Å². The first-order valence-corrected chi connectivity index (χ1v) is 8.81. The molecule has 3 nitrogen and oxygen atoms in total. The molecule has 1 fully saturated rings. The Morgan fingerprint density at radius 1 is 1.08 bits per heavy atom. The molecule has 1 aliphatic carbocycles. The smallest absolute Gasteiger partial charge is 0.449 e. The highest BCUT2D eigenvalue weighted by Crippen LogP contribution is 2.36. The Balaban J connectivity index is 1.90. The molecule has 2 aromatic carbocycles. The second kappa shape index (κ2) is 7.52. The number of aryl methyl sites for hydroxylation is 1. The van der Waals surface area contributed by atoms with Gasteiger partial charge in [0.15, 0.2) is 0 Å². The molecule has 126 valence electrons. The quantitative estimate of drug-likeness (QED) is 0.552. The summed E-state index contributed by atoms with van der Waals surface area (Å²) in [6.07, 6.45) is 6.17. The molecule has 0 bridgehead atoms. The van der Waals surface area contributed by atoms with Crippen LogP contribution in [-0.2, 0) is 6.42 Å². The van der Waals surface area contributed by atoms with Crippen LogP contribution in [-0.4, -0.2) is 11.3 Å². The largest absolute Gasteiger partial charge is 0.511 e. The summed E-state index contributed by atoms with van der Waals surface area (Å²) in [4.78, 5) is 10.9. The maximum Gasteiger partial charge on any atom is 0.511 e. The number of benzene rings is 2. The lowest BCUT2D eigenvalue weighted by Crippen LogP contribution is -2.05. The van der Waals surface area contributed by atoms with Gasteiger partial charge >= 0.3 is 6.16 Å². The fourth-order valence-electron chi connectivity index (χ4n) is 3.58. The predicted molar refractivity (Wildman–Crippen MR) is 95.7 cm³/mol. The first kappa shape index (κ1) is 16.6. The Hall–Kier alpha value is -2.29. The lowest BCUT2D eigenvalue weighted by atomic mass is 9.83. The van der Waals surface area contributed by atoms with Gasteiger partial charge < -0.3 is 9.84 Å². The number of carbonyl (C=O) groups is 1. The SMILES string of the molecule is CCc1ccc(OC(=O)O)c(-c2ccc(C3CCCCC3)cc2)c1. The molecule has 0 spiro atoms. The Labute approximate surface area is 143 Å². The van der Waals surface area contributed by atoms with Gasteiger partial charge in [-0.3, -0.25) is 0 Å². The van der Waals surface area contributed by atoms with Crippen LogP contribution in [0.25, 0.3) is 11.1 Å². The summed E-state index contributed by atoms with van der Waals surface area (Å²) in [6, 6.07) is 14.2. The standard InChI is InChI=1S/C21H24O3/c1-2-15-8-13-20(24-21(22)23)19(14-15)18-11-9-17(10-12-18)16-6-4-3-5-7-16/h8-14,16H,2-7H2,1H3,(H,22,23). The van der Waals surface area contributed by atoms with Crippen LogP contribution >= 0.6 is 0 Å². The van der Waals surface area contributed by atoms with Gasteiger partial charge in [0.1, 0.15) is 5.75 Å². The minimum absolute atomic E-state index is 0.394. The van der Waals surface area contributed by atoms with Crippen molar-refractivity contribution in [1.29, 1.82) is 0 Å². The molecule has 3 heteroatoms. The van der Waals surface area contributed by atoms with Crippen molar-refractivity contribution in [2.24, 2.45) is 0 Å². The number of hydrogen-bond donors (Lipinski definition) is 1. The van der Waals surface area contributed by atoms with Crippen LogP contribution in [0.4, 0.5) is 4.79 Å². The molecule has 2 aromatic rings. The summed E-state index contributed by atoms with van der Waals surface area (Å²) >= 11 is 0. The third kappa shape index (κ3) is 3.78. The normalized spacial score (nSPS) is 15.2. The van der Waals surface area contributed by atoms with E-state index in [1.165, 1.54) is 43.2 Å². The molecule has 0 heterocycles. The van der Waals surface area contributed by atoms with Gasteiger partial charge in [-0.05, 0) is 54.0 Å². The van der Waals surface area contributed by atoms with E-state index in [0.29, 0.717) is 11.7 Å². The predicted octanol–water partition coefficient (Wildman–Crippen LogP) is 6.02. The average molecular weight is 324 g/mol. The number of ether oxygens (including phenoxy) is 1. The van der Waals surface area contributed by atoms with Crippen molar-refractivity contribution < 1.29 is 14.6 Å². The van der Waals surface area contributed by atoms with Crippen LogP contribution in [0.2, 0.25) is 0 Å². The van der Waals surface area contributed by atoms with Gasteiger partial charge in [-0.25, -0.2) is 4.79 Å². The van der Waals surface area contributed by atoms with Gasteiger partial charge in [0.2, 0.25) is 0 Å². The molecule has 0 saturated heterocycles. The molecule has 0 atom stereocenters. The van der Waals surface area contributed by atoms with E-state index in [4.69, 9.17) is 9.84 Å². The monoisotopic (exact) mass is 324 g/mol. The third-order valence-corrected chi connectivity index (χ3v) is 4.95. The Kier molecular flexibility index (Phi) is 5.19. The van der Waals surface area contributed by atoms with E-state index in [0.717, 1.165) is 17.5 Å². The van der Waals surface area contributed by atoms with Crippen molar-refractivity contribution in [3.63, 3.8) is 0 Å². The fraction of sp³-hybridized carbons (Fsp3) is 0.381. The molecule has 0 unspecified atom stereocenters. The van der Waals surface area contributed by atoms with Gasteiger partial charge in [0, 0.05) is 5.56 Å². The molecule has 1 saturated carbocycles. The van der Waals surface area contributed by atoms with Crippen molar-refractivity contribution >= 4 is 6.16 Å². The molecule has 1 aliphatic rings. The van der Waals surface area contributed by atoms with Crippen molar-refractivity contribution in [2.45, 2.75) is 51.4 Å². The lowest BCUT2D eigenvalue weighted by molar-refractivity contribution is 0.144. The van der Waals surface area contributed by atoms with Crippen molar-refractivity contribution in [3.8, 4) is 16.9 Å². The van der Waals surface area contributed by atoms with Crippen LogP contribution in [0.15, 0.2) is 42.5 Å². The van der Waals surface area contributed by atoms with E-state index in [9.17, 15) is 4.79 Å². The molecule has 0 aliphatic heterocycles. The van der Waals surface area contributed by atoms with Crippen LogP contribution in [0.3, 0.4) is 0 Å². The van der Waals surface area contributed by atoms with Gasteiger partial charge in [-0.15, -0.1) is 0 Å². The number of carboxylic acid groups (broad SMARTS) is 1. The highest BCUT2D eigenvalue weighted by Gasteiger charge is 2.16. The van der Waals surface area contributed by atoms with E-state index in [-0.39, 0.29) is 0 Å². The maximum atomic E-state index is 10.9. The summed E-state index contributed by atoms with van der Waals surface area (Å²) in [7, 11) is 0. The average Bonchev–Trinajstić information content (AvgIpc) is 2.62. The molecule has 0 aromatic heterocycles. The second-order valence-electron chi connectivity index (χ2n) is 6.51. The Bertz CT molecular complexity index is 698. The van der Waals surface area contributed by atoms with Gasteiger partial charge in [-0.1, -0.05) is 56.5 Å². The summed E-state index contributed by atoms with van der Waals surface area (Å²) in [5.41, 5.74) is 4.40. The highest BCUT2D eigenvalue weighted by molar-refractivity contribution is 5.75. The topological polar surface area (TPSA) is 46.5 Å². The fourth-order valence-corrected chi connectivity index (χ4v) is 3.58. The summed E-state index contributed by atoms with van der Waals surface area (Å²) < 4.78 is 4.96. The molecule has 0 radical (unpaired) electrons. The van der Waals surface area contributed by atoms with Crippen molar-refractivity contribution in [2.75, 3.05) is 0 Å². The zero-order valence-electron chi connectivity index (χ0n) is 14.1. The van der Waals surface area contributed by atoms with Gasteiger partial charge in [0.05, 0.1) is 0 Å². The van der Waals surface area contributed by atoms with Crippen molar-refractivity contribution in [3.05, 3.63) is 53.6 Å². The van der Waals surface area contributed by atoms with E-state index in [1.807, 2.05) is 12.1 Å². The molecular formula is C21H24O3. The summed E-state index contributed by atoms with van der Waals surface area (Å²) in [6.45, 7) is 2.09. The minimum atomic E-state index is -1.28. The van der Waals surface area contributed by atoms with Gasteiger partial charge in [0.25, 0.3) is 0 Å². The van der Waals surface area contributed by atoms with Crippen LogP contribution < -0.4 is 4.74 Å².